The monoisotopic (exact) mass is 563 g/mol. The average Bonchev–Trinajstić information content (AvgIpc) is 3.33. The molecule has 0 spiro atoms. The van der Waals surface area contributed by atoms with Crippen molar-refractivity contribution in [3.8, 4) is 17.2 Å². The summed E-state index contributed by atoms with van der Waals surface area (Å²) in [5.74, 6) is -0.837. The second-order valence-corrected chi connectivity index (χ2v) is 11.5. The first-order chi connectivity index (χ1) is 19.7. The first-order valence-electron chi connectivity index (χ1n) is 14.5. The number of ether oxygens (including phenoxy) is 1. The molecule has 1 heterocycles. The van der Waals surface area contributed by atoms with Crippen LogP contribution in [0.5, 0.6) is 0 Å². The number of benzene rings is 2. The number of methoxy groups -OCH3 is 1. The summed E-state index contributed by atoms with van der Waals surface area (Å²) in [5.41, 5.74) is 2.81. The number of likely N-dealkylation sites (tertiary alicyclic amines) is 1. The normalized spacial score (nSPS) is 23.9. The Morgan fingerprint density at radius 1 is 1.20 bits per heavy atom. The van der Waals surface area contributed by atoms with Crippen molar-refractivity contribution < 1.29 is 29.6 Å². The molecule has 3 unspecified atom stereocenters. The molecule has 1 aliphatic carbocycles. The number of carbonyl (C=O) groups is 2. The van der Waals surface area contributed by atoms with E-state index in [1.807, 2.05) is 37.3 Å². The van der Waals surface area contributed by atoms with E-state index >= 15 is 0 Å². The van der Waals surface area contributed by atoms with Gasteiger partial charge in [0.15, 0.2) is 0 Å². The van der Waals surface area contributed by atoms with Crippen molar-refractivity contribution in [2.45, 2.75) is 69.6 Å². The van der Waals surface area contributed by atoms with E-state index in [0.29, 0.717) is 31.7 Å². The lowest BCUT2D eigenvalue weighted by Gasteiger charge is -2.44. The standard InChI is InChI=1S/C32H41N3O6/c1-21-7-5-8-23(15-21)26-16-22(19-33)10-11-27(26)32(40,12-3-4-14-41-2)25-9-6-13-35(20-25)30(37)24-17-28(29(36)18-24)34-31(38)39/h5,7-8,10-11,15-16,24-25,28-29,34,36,40H,3-4,6,9,12-14,17-18,20H2,1-2H3,(H,38,39)/t24-,25?,28?,29?,32-/m0/s1. The van der Waals surface area contributed by atoms with Crippen molar-refractivity contribution in [1.29, 1.82) is 5.26 Å². The van der Waals surface area contributed by atoms with Crippen molar-refractivity contribution in [2.24, 2.45) is 11.8 Å². The molecule has 0 radical (unpaired) electrons. The van der Waals surface area contributed by atoms with E-state index in [4.69, 9.17) is 9.84 Å². The minimum absolute atomic E-state index is 0.107. The SMILES string of the molecule is COCCCC[C@@](O)(c1ccc(C#N)cc1-c1cccc(C)c1)C1CCCN(C(=O)[C@@H]2CC(O)C(NC(=O)O)C2)C1. The van der Waals surface area contributed by atoms with E-state index in [0.717, 1.165) is 47.9 Å². The molecule has 4 rings (SSSR count). The molecule has 0 aromatic heterocycles. The highest BCUT2D eigenvalue weighted by Crippen LogP contribution is 2.44. The van der Waals surface area contributed by atoms with E-state index in [2.05, 4.69) is 17.5 Å². The van der Waals surface area contributed by atoms with Gasteiger partial charge in [0.05, 0.1) is 29.4 Å². The maximum Gasteiger partial charge on any atom is 0.404 e. The van der Waals surface area contributed by atoms with Gasteiger partial charge in [-0.1, -0.05) is 35.9 Å². The smallest absolute Gasteiger partial charge is 0.404 e. The van der Waals surface area contributed by atoms with Gasteiger partial charge < -0.3 is 30.3 Å². The first-order valence-corrected chi connectivity index (χ1v) is 14.5. The summed E-state index contributed by atoms with van der Waals surface area (Å²) in [5, 5.41) is 44.1. The number of aliphatic hydroxyl groups is 2. The van der Waals surface area contributed by atoms with E-state index in [1.54, 1.807) is 18.1 Å². The highest BCUT2D eigenvalue weighted by Gasteiger charge is 2.45. The van der Waals surface area contributed by atoms with Gasteiger partial charge in [-0.15, -0.1) is 0 Å². The second-order valence-electron chi connectivity index (χ2n) is 11.5. The third-order valence-corrected chi connectivity index (χ3v) is 8.70. The number of nitrogens with zero attached hydrogens (tertiary/aromatic N) is 2. The number of hydrogen-bond acceptors (Lipinski definition) is 6. The maximum atomic E-state index is 13.6. The van der Waals surface area contributed by atoms with Crippen LogP contribution >= 0.6 is 0 Å². The van der Waals surface area contributed by atoms with Gasteiger partial charge in [-0.05, 0) is 80.7 Å². The van der Waals surface area contributed by atoms with Crippen molar-refractivity contribution in [3.63, 3.8) is 0 Å². The first kappa shape index (κ1) is 30.5. The summed E-state index contributed by atoms with van der Waals surface area (Å²) >= 11 is 0. The average molecular weight is 564 g/mol. The molecule has 1 aliphatic heterocycles. The summed E-state index contributed by atoms with van der Waals surface area (Å²) < 4.78 is 5.26. The molecule has 9 heteroatoms. The zero-order valence-corrected chi connectivity index (χ0v) is 23.9. The van der Waals surface area contributed by atoms with Gasteiger partial charge in [0.1, 0.15) is 0 Å². The van der Waals surface area contributed by atoms with Crippen molar-refractivity contribution in [2.75, 3.05) is 26.8 Å². The van der Waals surface area contributed by atoms with Gasteiger partial charge in [-0.25, -0.2) is 4.79 Å². The van der Waals surface area contributed by atoms with Gasteiger partial charge in [0, 0.05) is 38.6 Å². The molecule has 2 amide bonds. The summed E-state index contributed by atoms with van der Waals surface area (Å²) in [7, 11) is 1.66. The molecular formula is C32H41N3O6. The Morgan fingerprint density at radius 2 is 2.00 bits per heavy atom. The van der Waals surface area contributed by atoms with E-state index < -0.39 is 29.8 Å². The number of nitriles is 1. The van der Waals surface area contributed by atoms with Gasteiger partial charge >= 0.3 is 6.09 Å². The van der Waals surface area contributed by atoms with E-state index in [1.165, 1.54) is 0 Å². The molecule has 9 nitrogen and oxygen atoms in total. The van der Waals surface area contributed by atoms with Crippen molar-refractivity contribution >= 4 is 12.0 Å². The van der Waals surface area contributed by atoms with Crippen LogP contribution in [0.3, 0.4) is 0 Å². The van der Waals surface area contributed by atoms with Crippen LogP contribution in [0, 0.1) is 30.1 Å². The van der Waals surface area contributed by atoms with Crippen LogP contribution in [0.4, 0.5) is 4.79 Å². The molecule has 220 valence electrons. The fourth-order valence-electron chi connectivity index (χ4n) is 6.60. The number of aliphatic hydroxyl groups excluding tert-OH is 1. The molecule has 2 fully saturated rings. The Hall–Kier alpha value is -3.45. The van der Waals surface area contributed by atoms with Crippen LogP contribution in [-0.2, 0) is 15.1 Å². The highest BCUT2D eigenvalue weighted by molar-refractivity contribution is 5.80. The van der Waals surface area contributed by atoms with Gasteiger partial charge in [0.25, 0.3) is 0 Å². The third kappa shape index (κ3) is 7.07. The van der Waals surface area contributed by atoms with Gasteiger partial charge in [-0.3, -0.25) is 4.79 Å². The Balaban J connectivity index is 1.65. The largest absolute Gasteiger partial charge is 0.465 e. The number of nitrogens with one attached hydrogen (secondary N) is 1. The summed E-state index contributed by atoms with van der Waals surface area (Å²) in [4.78, 5) is 26.5. The zero-order valence-electron chi connectivity index (χ0n) is 23.9. The molecule has 4 N–H and O–H groups in total. The summed E-state index contributed by atoms with van der Waals surface area (Å²) in [6, 6.07) is 15.0. The predicted octanol–water partition coefficient (Wildman–Crippen LogP) is 4.18. The van der Waals surface area contributed by atoms with Crippen molar-refractivity contribution in [1.82, 2.24) is 10.2 Å². The molecule has 2 aliphatic rings. The number of amides is 2. The van der Waals surface area contributed by atoms with Crippen LogP contribution in [-0.4, -0.2) is 71.2 Å². The molecule has 0 bridgehead atoms. The molecule has 1 saturated carbocycles. The lowest BCUT2D eigenvalue weighted by molar-refractivity contribution is -0.141. The second kappa shape index (κ2) is 13.5. The maximum absolute atomic E-state index is 13.6. The summed E-state index contributed by atoms with van der Waals surface area (Å²) in [6.45, 7) is 3.50. The minimum Gasteiger partial charge on any atom is -0.465 e. The van der Waals surface area contributed by atoms with Crippen LogP contribution < -0.4 is 5.32 Å². The Bertz CT molecular complexity index is 1280. The van der Waals surface area contributed by atoms with Gasteiger partial charge in [0.2, 0.25) is 5.91 Å². The lowest BCUT2D eigenvalue weighted by Crippen LogP contribution is -2.49. The Labute approximate surface area is 241 Å². The minimum atomic E-state index is -1.26. The molecular weight excluding hydrogens is 522 g/mol. The molecule has 41 heavy (non-hydrogen) atoms. The number of aryl methyl sites for hydroxylation is 1. The number of rotatable bonds is 10. The highest BCUT2D eigenvalue weighted by atomic mass is 16.5. The molecule has 5 atom stereocenters. The van der Waals surface area contributed by atoms with Crippen LogP contribution in [0.25, 0.3) is 11.1 Å². The Kier molecular flexibility index (Phi) is 10.0. The fourth-order valence-corrected chi connectivity index (χ4v) is 6.60. The topological polar surface area (TPSA) is 143 Å². The van der Waals surface area contributed by atoms with E-state index in [-0.39, 0.29) is 24.7 Å². The fraction of sp³-hybridized carbons (Fsp3) is 0.531. The third-order valence-electron chi connectivity index (χ3n) is 8.70. The molecule has 2 aromatic carbocycles. The van der Waals surface area contributed by atoms with Crippen LogP contribution in [0.15, 0.2) is 42.5 Å². The molecule has 2 aromatic rings. The lowest BCUT2D eigenvalue weighted by atomic mass is 9.71. The number of piperidine rings is 1. The summed E-state index contributed by atoms with van der Waals surface area (Å²) in [6.07, 6.45) is 1.76. The van der Waals surface area contributed by atoms with Crippen molar-refractivity contribution in [3.05, 3.63) is 59.2 Å². The van der Waals surface area contributed by atoms with Crippen LogP contribution in [0.2, 0.25) is 0 Å². The molecule has 1 saturated heterocycles. The Morgan fingerprint density at radius 3 is 2.71 bits per heavy atom. The predicted molar refractivity (Wildman–Crippen MR) is 154 cm³/mol. The number of carboxylic acid groups (broad SMARTS) is 1. The quantitative estimate of drug-likeness (QED) is 0.318. The van der Waals surface area contributed by atoms with Gasteiger partial charge in [-0.2, -0.15) is 5.26 Å². The zero-order chi connectivity index (χ0) is 29.6. The number of hydrogen-bond donors (Lipinski definition) is 4. The van der Waals surface area contributed by atoms with Crippen LogP contribution in [0.1, 0.15) is 61.6 Å². The van der Waals surface area contributed by atoms with E-state index in [9.17, 15) is 25.1 Å². The number of unbranched alkanes of at least 4 members (excludes halogenated alkanes) is 1. The number of carbonyl (C=O) groups excluding carboxylic acids is 1.